The van der Waals surface area contributed by atoms with Crippen LogP contribution in [0.4, 0.5) is 0 Å². The molecule has 0 amide bonds. The Morgan fingerprint density at radius 2 is 2.20 bits per heavy atom. The quantitative estimate of drug-likeness (QED) is 0.790. The summed E-state index contributed by atoms with van der Waals surface area (Å²) in [4.78, 5) is 15.2. The van der Waals surface area contributed by atoms with Gasteiger partial charge in [-0.05, 0) is 24.1 Å². The number of fused-ring (bicyclic) bond motifs is 1. The van der Waals surface area contributed by atoms with E-state index in [0.717, 1.165) is 28.0 Å². The van der Waals surface area contributed by atoms with Gasteiger partial charge in [-0.1, -0.05) is 24.3 Å². The van der Waals surface area contributed by atoms with Gasteiger partial charge in [0.05, 0.1) is 12.1 Å². The van der Waals surface area contributed by atoms with Crippen LogP contribution in [0.15, 0.2) is 42.7 Å². The van der Waals surface area contributed by atoms with E-state index in [2.05, 4.69) is 10.1 Å². The van der Waals surface area contributed by atoms with Gasteiger partial charge in [0, 0.05) is 18.0 Å². The number of hydrogen-bond donors (Lipinski definition) is 1. The van der Waals surface area contributed by atoms with E-state index in [4.69, 9.17) is 5.11 Å². The Hall–Kier alpha value is -2.69. The van der Waals surface area contributed by atoms with Crippen molar-refractivity contribution in [3.8, 4) is 11.1 Å². The molecule has 0 spiro atoms. The Balaban J connectivity index is 2.15. The molecule has 20 heavy (non-hydrogen) atoms. The zero-order valence-corrected chi connectivity index (χ0v) is 10.9. The Bertz CT molecular complexity index is 793. The Kier molecular flexibility index (Phi) is 2.95. The molecule has 0 aliphatic heterocycles. The molecule has 5 heteroatoms. The van der Waals surface area contributed by atoms with Gasteiger partial charge < -0.3 is 5.11 Å². The maximum Gasteiger partial charge on any atom is 0.307 e. The van der Waals surface area contributed by atoms with E-state index in [1.807, 2.05) is 43.5 Å². The summed E-state index contributed by atoms with van der Waals surface area (Å²) in [7, 11) is 0. The van der Waals surface area contributed by atoms with Gasteiger partial charge >= 0.3 is 5.97 Å². The summed E-state index contributed by atoms with van der Waals surface area (Å²) >= 11 is 0. The van der Waals surface area contributed by atoms with E-state index in [-0.39, 0.29) is 6.42 Å². The largest absolute Gasteiger partial charge is 0.481 e. The number of aromatic nitrogens is 3. The first-order valence-electron chi connectivity index (χ1n) is 6.26. The van der Waals surface area contributed by atoms with Gasteiger partial charge in [0.25, 0.3) is 0 Å². The van der Waals surface area contributed by atoms with Crippen LogP contribution in [0.2, 0.25) is 0 Å². The number of benzene rings is 1. The van der Waals surface area contributed by atoms with Crippen LogP contribution in [0.1, 0.15) is 11.3 Å². The topological polar surface area (TPSA) is 67.5 Å². The normalized spacial score (nSPS) is 10.8. The van der Waals surface area contributed by atoms with Gasteiger partial charge in [-0.15, -0.1) is 0 Å². The third-order valence-corrected chi connectivity index (χ3v) is 3.14. The number of aryl methyl sites for hydroxylation is 1. The fourth-order valence-corrected chi connectivity index (χ4v) is 2.35. The fourth-order valence-electron chi connectivity index (χ4n) is 2.35. The first-order valence-corrected chi connectivity index (χ1v) is 6.26. The van der Waals surface area contributed by atoms with Crippen molar-refractivity contribution in [1.82, 2.24) is 14.6 Å². The number of carboxylic acid groups (broad SMARTS) is 1. The number of hydrogen-bond acceptors (Lipinski definition) is 3. The monoisotopic (exact) mass is 267 g/mol. The highest BCUT2D eigenvalue weighted by molar-refractivity contribution is 5.80. The molecule has 0 unspecified atom stereocenters. The van der Waals surface area contributed by atoms with E-state index in [9.17, 15) is 4.79 Å². The second-order valence-corrected chi connectivity index (χ2v) is 4.62. The summed E-state index contributed by atoms with van der Waals surface area (Å²) in [5.74, 6) is -0.836. The standard InChI is InChI=1S/C15H13N3O2/c1-10-14(15-16-6-3-7-18(15)17-10)12-5-2-4-11(8-12)9-13(19)20/h2-8H,9H2,1H3,(H,19,20). The van der Waals surface area contributed by atoms with Crippen molar-refractivity contribution in [2.75, 3.05) is 0 Å². The number of carbonyl (C=O) groups is 1. The maximum atomic E-state index is 10.8. The number of aliphatic carboxylic acids is 1. The molecule has 3 aromatic rings. The molecule has 5 nitrogen and oxygen atoms in total. The SMILES string of the molecule is Cc1nn2cccnc2c1-c1cccc(CC(=O)O)c1. The minimum atomic E-state index is -0.836. The third kappa shape index (κ3) is 2.14. The van der Waals surface area contributed by atoms with Crippen molar-refractivity contribution in [2.45, 2.75) is 13.3 Å². The minimum absolute atomic E-state index is 0.0134. The molecule has 0 fully saturated rings. The van der Waals surface area contributed by atoms with E-state index >= 15 is 0 Å². The minimum Gasteiger partial charge on any atom is -0.481 e. The molecule has 0 saturated carbocycles. The number of nitrogens with zero attached hydrogens (tertiary/aromatic N) is 3. The van der Waals surface area contributed by atoms with Crippen molar-refractivity contribution in [3.63, 3.8) is 0 Å². The molecule has 0 atom stereocenters. The van der Waals surface area contributed by atoms with Crippen LogP contribution >= 0.6 is 0 Å². The van der Waals surface area contributed by atoms with Crippen molar-refractivity contribution in [3.05, 3.63) is 54.0 Å². The van der Waals surface area contributed by atoms with Crippen LogP contribution in [-0.4, -0.2) is 25.7 Å². The lowest BCUT2D eigenvalue weighted by Crippen LogP contribution is -1.99. The van der Waals surface area contributed by atoms with E-state index in [1.54, 1.807) is 10.7 Å². The highest BCUT2D eigenvalue weighted by Gasteiger charge is 2.13. The van der Waals surface area contributed by atoms with Crippen molar-refractivity contribution < 1.29 is 9.90 Å². The fraction of sp³-hybridized carbons (Fsp3) is 0.133. The lowest BCUT2D eigenvalue weighted by atomic mass is 10.0. The molecular weight excluding hydrogens is 254 g/mol. The van der Waals surface area contributed by atoms with E-state index < -0.39 is 5.97 Å². The first kappa shape index (κ1) is 12.3. The smallest absolute Gasteiger partial charge is 0.307 e. The molecule has 0 aliphatic carbocycles. The zero-order chi connectivity index (χ0) is 14.1. The molecule has 3 rings (SSSR count). The van der Waals surface area contributed by atoms with Crippen molar-refractivity contribution in [2.24, 2.45) is 0 Å². The summed E-state index contributed by atoms with van der Waals surface area (Å²) in [6, 6.07) is 9.33. The Morgan fingerprint density at radius 3 is 3.00 bits per heavy atom. The highest BCUT2D eigenvalue weighted by Crippen LogP contribution is 2.27. The summed E-state index contributed by atoms with van der Waals surface area (Å²) in [5.41, 5.74) is 4.30. The lowest BCUT2D eigenvalue weighted by Gasteiger charge is -2.03. The Labute approximate surface area is 115 Å². The summed E-state index contributed by atoms with van der Waals surface area (Å²) < 4.78 is 1.73. The van der Waals surface area contributed by atoms with Gasteiger partial charge in [-0.2, -0.15) is 5.10 Å². The average Bonchev–Trinajstić information content (AvgIpc) is 2.74. The van der Waals surface area contributed by atoms with E-state index in [1.165, 1.54) is 0 Å². The van der Waals surface area contributed by atoms with Gasteiger partial charge in [0.2, 0.25) is 0 Å². The average molecular weight is 267 g/mol. The number of rotatable bonds is 3. The molecule has 100 valence electrons. The molecule has 1 aromatic carbocycles. The van der Waals surface area contributed by atoms with Gasteiger partial charge in [-0.3, -0.25) is 4.79 Å². The lowest BCUT2D eigenvalue weighted by molar-refractivity contribution is -0.136. The van der Waals surface area contributed by atoms with Gasteiger partial charge in [-0.25, -0.2) is 9.50 Å². The highest BCUT2D eigenvalue weighted by atomic mass is 16.4. The first-order chi connectivity index (χ1) is 9.65. The Morgan fingerprint density at radius 1 is 1.35 bits per heavy atom. The van der Waals surface area contributed by atoms with Crippen LogP contribution in [0.3, 0.4) is 0 Å². The summed E-state index contributed by atoms with van der Waals surface area (Å²) in [6.07, 6.45) is 3.58. The maximum absolute atomic E-state index is 10.8. The predicted molar refractivity (Wildman–Crippen MR) is 74.5 cm³/mol. The molecule has 1 N–H and O–H groups in total. The molecule has 2 heterocycles. The molecule has 0 aliphatic rings. The predicted octanol–water partition coefficient (Wildman–Crippen LogP) is 2.33. The number of carboxylic acids is 1. The summed E-state index contributed by atoms with van der Waals surface area (Å²) in [5, 5.41) is 13.3. The second-order valence-electron chi connectivity index (χ2n) is 4.62. The second kappa shape index (κ2) is 4.77. The molecular formula is C15H13N3O2. The van der Waals surface area contributed by atoms with Crippen LogP contribution in [-0.2, 0) is 11.2 Å². The zero-order valence-electron chi connectivity index (χ0n) is 10.9. The van der Waals surface area contributed by atoms with Gasteiger partial charge in [0.1, 0.15) is 0 Å². The van der Waals surface area contributed by atoms with E-state index in [0.29, 0.717) is 0 Å². The van der Waals surface area contributed by atoms with Crippen molar-refractivity contribution in [1.29, 1.82) is 0 Å². The van der Waals surface area contributed by atoms with Crippen LogP contribution in [0.5, 0.6) is 0 Å². The van der Waals surface area contributed by atoms with Crippen LogP contribution < -0.4 is 0 Å². The van der Waals surface area contributed by atoms with Crippen LogP contribution in [0, 0.1) is 6.92 Å². The van der Waals surface area contributed by atoms with Gasteiger partial charge in [0.15, 0.2) is 5.65 Å². The summed E-state index contributed by atoms with van der Waals surface area (Å²) in [6.45, 7) is 1.92. The third-order valence-electron chi connectivity index (χ3n) is 3.14. The molecule has 0 saturated heterocycles. The molecule has 0 bridgehead atoms. The molecule has 0 radical (unpaired) electrons. The van der Waals surface area contributed by atoms with Crippen LogP contribution in [0.25, 0.3) is 16.8 Å². The van der Waals surface area contributed by atoms with Crippen molar-refractivity contribution >= 4 is 11.6 Å². The molecule has 2 aromatic heterocycles.